The molecule has 67 heavy (non-hydrogen) atoms. The first-order chi connectivity index (χ1) is 31.8. The van der Waals surface area contributed by atoms with Crippen molar-refractivity contribution in [1.29, 1.82) is 0 Å². The predicted molar refractivity (Wildman–Crippen MR) is 251 cm³/mol. The Kier molecular flexibility index (Phi) is 11.9. The molecule has 6 unspecified atom stereocenters. The van der Waals surface area contributed by atoms with Crippen LogP contribution in [0.3, 0.4) is 0 Å². The van der Waals surface area contributed by atoms with E-state index in [-0.39, 0.29) is 61.7 Å². The molecule has 16 nitrogen and oxygen atoms in total. The van der Waals surface area contributed by atoms with Gasteiger partial charge in [0.1, 0.15) is 23.4 Å². The highest BCUT2D eigenvalue weighted by Gasteiger charge is 2.84. The summed E-state index contributed by atoms with van der Waals surface area (Å²) in [5.74, 6) is -0.661. The minimum absolute atomic E-state index is 0.0112. The Hall–Kier alpha value is -5.58. The zero-order chi connectivity index (χ0) is 47.8. The van der Waals surface area contributed by atoms with Crippen LogP contribution in [0.25, 0.3) is 11.8 Å². The largest absolute Gasteiger partial charge is 0.482 e. The second-order valence-corrected chi connectivity index (χ2v) is 20.6. The Morgan fingerprint density at radius 1 is 1.00 bits per heavy atom. The summed E-state index contributed by atoms with van der Waals surface area (Å²) in [5, 5.41) is 20.5. The number of anilines is 1. The van der Waals surface area contributed by atoms with E-state index in [0.29, 0.717) is 77.8 Å². The van der Waals surface area contributed by atoms with Crippen LogP contribution in [0, 0.1) is 11.8 Å². The van der Waals surface area contributed by atoms with Gasteiger partial charge in [0, 0.05) is 74.1 Å². The highest BCUT2D eigenvalue weighted by Crippen LogP contribution is 2.74. The summed E-state index contributed by atoms with van der Waals surface area (Å²) >= 11 is 0. The molecule has 6 heterocycles. The number of ether oxygens (including phenoxy) is 4. The van der Waals surface area contributed by atoms with Crippen molar-refractivity contribution in [2.45, 2.75) is 129 Å². The Labute approximate surface area is 392 Å². The Bertz CT molecular complexity index is 2570. The predicted octanol–water partition coefficient (Wildman–Crippen LogP) is 5.88. The van der Waals surface area contributed by atoms with Gasteiger partial charge in [0.05, 0.1) is 41.5 Å². The van der Waals surface area contributed by atoms with Crippen LogP contribution in [0.5, 0.6) is 17.2 Å². The van der Waals surface area contributed by atoms with Gasteiger partial charge in [-0.3, -0.25) is 19.2 Å². The van der Waals surface area contributed by atoms with Crippen LogP contribution in [0.15, 0.2) is 52.9 Å². The molecular formula is C51H65N7O9. The van der Waals surface area contributed by atoms with Crippen molar-refractivity contribution in [3.05, 3.63) is 69.6 Å². The zero-order valence-electron chi connectivity index (χ0n) is 40.3. The maximum Gasteiger partial charge on any atom is 0.311 e. The molecule has 358 valence electrons. The van der Waals surface area contributed by atoms with Crippen LogP contribution in [-0.2, 0) is 30.3 Å². The van der Waals surface area contributed by atoms with Crippen LogP contribution in [-0.4, -0.2) is 122 Å². The molecule has 2 aromatic rings. The molecule has 1 aromatic carbocycles. The van der Waals surface area contributed by atoms with E-state index in [1.807, 2.05) is 53.8 Å². The fourth-order valence-corrected chi connectivity index (χ4v) is 11.6. The van der Waals surface area contributed by atoms with Gasteiger partial charge in [0.2, 0.25) is 17.8 Å². The number of likely N-dealkylation sites (N-methyl/N-ethyl adjacent to an activating group) is 1. The van der Waals surface area contributed by atoms with E-state index in [4.69, 9.17) is 18.9 Å². The van der Waals surface area contributed by atoms with Gasteiger partial charge >= 0.3 is 5.97 Å². The van der Waals surface area contributed by atoms with E-state index in [9.17, 15) is 19.5 Å². The molecule has 0 radical (unpaired) electrons. The lowest BCUT2D eigenvalue weighted by Gasteiger charge is -2.62. The quantitative estimate of drug-likeness (QED) is 0.0885. The van der Waals surface area contributed by atoms with Crippen molar-refractivity contribution in [2.24, 2.45) is 11.8 Å². The van der Waals surface area contributed by atoms with Gasteiger partial charge in [-0.05, 0) is 100 Å². The maximum atomic E-state index is 15.6. The van der Waals surface area contributed by atoms with Crippen LogP contribution >= 0.6 is 0 Å². The van der Waals surface area contributed by atoms with E-state index in [1.54, 1.807) is 22.6 Å². The number of amides is 2. The van der Waals surface area contributed by atoms with Crippen LogP contribution in [0.4, 0.5) is 5.95 Å². The zero-order valence-corrected chi connectivity index (χ0v) is 40.3. The van der Waals surface area contributed by atoms with Gasteiger partial charge in [-0.25, -0.2) is 4.68 Å². The Morgan fingerprint density at radius 3 is 2.46 bits per heavy atom. The Balaban J connectivity index is 1.26. The number of carbonyl (C=O) groups excluding carboxylic acids is 4. The molecule has 2 amide bonds. The van der Waals surface area contributed by atoms with E-state index in [2.05, 4.69) is 51.6 Å². The molecule has 4 bridgehead atoms. The first kappa shape index (κ1) is 46.5. The highest BCUT2D eigenvalue weighted by molar-refractivity contribution is 6.03. The number of carbonyl (C=O) groups is 4. The number of aliphatic hydroxyl groups excluding tert-OH is 1. The summed E-state index contributed by atoms with van der Waals surface area (Å²) in [6.07, 6.45) is 13.6. The number of hydrogen-bond donors (Lipinski definition) is 3. The average molecular weight is 920 g/mol. The lowest BCUT2D eigenvalue weighted by Crippen LogP contribution is -2.75. The normalized spacial score (nSPS) is 28.3. The number of allylic oxidation sites excluding steroid dienone is 4. The van der Waals surface area contributed by atoms with Gasteiger partial charge in [-0.2, -0.15) is 10.1 Å². The summed E-state index contributed by atoms with van der Waals surface area (Å²) in [6.45, 7) is 18.5. The van der Waals surface area contributed by atoms with Crippen molar-refractivity contribution in [2.75, 3.05) is 51.7 Å². The molecule has 1 spiro atoms. The molecular weight excluding hydrogens is 855 g/mol. The number of hydrogen-bond acceptors (Lipinski definition) is 13. The molecule has 16 heteroatoms. The number of ketones is 1. The van der Waals surface area contributed by atoms with Gasteiger partial charge in [0.15, 0.2) is 22.7 Å². The standard InChI is InChI=1S/C51H65N7O9/c1-29(2)11-10-18-49(8)19-17-33-42(65-49)32(13-12-30(3)4)44-38(43(33)64-37(61)15-14-36(60)57-24-22-56(9)23-25-57)40-39-41(58-47(55-40)53-28-54-58)34-27-35-48(6,7)67-50(45(34)62,51(35,39)66-44)20-16-31(5)46(63)52-21-26-59/h11-12,16-17,19,28,34-35,41,59H,10,13-15,18,20-27H2,1-9H3,(H,52,63)(H,53,54,55)/b31-16-. The number of piperazine rings is 1. The first-order valence-electron chi connectivity index (χ1n) is 23.8. The fraction of sp³-hybridized carbons (Fsp3) is 0.569. The van der Waals surface area contributed by atoms with Crippen LogP contribution in [0.2, 0.25) is 0 Å². The maximum absolute atomic E-state index is 15.6. The lowest BCUT2D eigenvalue weighted by atomic mass is 9.47. The number of rotatable bonds is 14. The number of aliphatic hydroxyl groups is 1. The van der Waals surface area contributed by atoms with E-state index >= 15 is 4.79 Å². The summed E-state index contributed by atoms with van der Waals surface area (Å²) in [4.78, 5) is 65.3. The molecule has 3 saturated carbocycles. The highest BCUT2D eigenvalue weighted by atomic mass is 16.6. The van der Waals surface area contributed by atoms with Crippen molar-refractivity contribution in [3.8, 4) is 17.2 Å². The Morgan fingerprint density at radius 2 is 1.75 bits per heavy atom. The van der Waals surface area contributed by atoms with Gasteiger partial charge in [-0.15, -0.1) is 0 Å². The summed E-state index contributed by atoms with van der Waals surface area (Å²) in [6, 6.07) is -0.624. The van der Waals surface area contributed by atoms with E-state index in [0.717, 1.165) is 30.7 Å². The summed E-state index contributed by atoms with van der Waals surface area (Å²) in [5.41, 5.74) is 1.01. The van der Waals surface area contributed by atoms with Gasteiger partial charge in [-0.1, -0.05) is 29.4 Å². The number of benzene rings is 1. The molecule has 10 rings (SSSR count). The molecule has 6 atom stereocenters. The molecule has 3 N–H and O–H groups in total. The van der Waals surface area contributed by atoms with Crippen molar-refractivity contribution >= 4 is 41.3 Å². The van der Waals surface area contributed by atoms with Crippen LogP contribution < -0.4 is 24.8 Å². The van der Waals surface area contributed by atoms with E-state index < -0.39 is 40.3 Å². The van der Waals surface area contributed by atoms with E-state index in [1.165, 1.54) is 11.9 Å². The second-order valence-electron chi connectivity index (χ2n) is 20.6. The number of nitrogens with one attached hydrogen (secondary N) is 2. The minimum Gasteiger partial charge on any atom is -0.482 e. The fourth-order valence-electron chi connectivity index (χ4n) is 11.6. The molecule has 1 aromatic heterocycles. The monoisotopic (exact) mass is 919 g/mol. The van der Waals surface area contributed by atoms with Crippen molar-refractivity contribution < 1.29 is 43.2 Å². The molecule has 5 fully saturated rings. The smallest absolute Gasteiger partial charge is 0.311 e. The SMILES string of the molecule is CC(C)=CCCC1(C)C=Cc2c(c(CC=C(C)C)c3c(c2OC(=O)CCC(=O)N2CCN(C)CC2)C2=C4C(C5CC6C(C)(C)OC(C/C=C(/C)C(=O)NCCO)(C5=O)C46O3)n3ncnc3N2)O1. The minimum atomic E-state index is -1.61. The average Bonchev–Trinajstić information content (AvgIpc) is 3.81. The van der Waals surface area contributed by atoms with Crippen molar-refractivity contribution in [1.82, 2.24) is 29.9 Å². The molecule has 3 aliphatic carbocycles. The third kappa shape index (κ3) is 7.63. The van der Waals surface area contributed by atoms with Crippen LogP contribution in [0.1, 0.15) is 117 Å². The van der Waals surface area contributed by atoms with Gasteiger partial charge < -0.3 is 44.5 Å². The number of esters is 1. The van der Waals surface area contributed by atoms with Gasteiger partial charge in [0.25, 0.3) is 0 Å². The molecule has 5 aliphatic heterocycles. The molecule has 2 saturated heterocycles. The topological polar surface area (TPSA) is 187 Å². The lowest BCUT2D eigenvalue weighted by molar-refractivity contribution is -0.181. The number of nitrogens with zero attached hydrogens (tertiary/aromatic N) is 5. The second kappa shape index (κ2) is 17.2. The number of Topliss-reactive ketones (excluding diaryl/α,β-unsaturated/α-hetero) is 1. The number of aromatic nitrogens is 3. The molecule has 8 aliphatic rings. The first-order valence-corrected chi connectivity index (χ1v) is 23.8. The van der Waals surface area contributed by atoms with Crippen molar-refractivity contribution in [3.63, 3.8) is 0 Å². The third-order valence-corrected chi connectivity index (χ3v) is 14.9. The summed E-state index contributed by atoms with van der Waals surface area (Å²) in [7, 11) is 2.03. The third-order valence-electron chi connectivity index (χ3n) is 14.9. The summed E-state index contributed by atoms with van der Waals surface area (Å²) < 4.78 is 30.6. The number of fused-ring (bicyclic) bond motifs is 4.